The van der Waals surface area contributed by atoms with E-state index in [2.05, 4.69) is 16.8 Å². The zero-order valence-electron chi connectivity index (χ0n) is 14.1. The number of carbonyl (C=O) groups excluding carboxylic acids is 1. The number of aromatic nitrogens is 2. The van der Waals surface area contributed by atoms with Gasteiger partial charge in [0.15, 0.2) is 0 Å². The monoisotopic (exact) mass is 312 g/mol. The Bertz CT molecular complexity index is 691. The summed E-state index contributed by atoms with van der Waals surface area (Å²) in [5.41, 5.74) is 4.93. The molecule has 23 heavy (non-hydrogen) atoms. The van der Waals surface area contributed by atoms with E-state index >= 15 is 0 Å². The van der Waals surface area contributed by atoms with Crippen molar-refractivity contribution < 1.29 is 4.79 Å². The summed E-state index contributed by atoms with van der Waals surface area (Å²) >= 11 is 0. The molecule has 0 unspecified atom stereocenters. The Labute approximate surface area is 137 Å². The van der Waals surface area contributed by atoms with Crippen LogP contribution in [-0.2, 0) is 24.2 Å². The number of hydrogen-bond acceptors (Lipinski definition) is 3. The van der Waals surface area contributed by atoms with Gasteiger partial charge in [0, 0.05) is 26.3 Å². The summed E-state index contributed by atoms with van der Waals surface area (Å²) in [4.78, 5) is 15.5. The third kappa shape index (κ3) is 3.29. The van der Waals surface area contributed by atoms with Crippen molar-refractivity contribution >= 4 is 5.91 Å². The lowest BCUT2D eigenvalue weighted by Crippen LogP contribution is -2.34. The molecule has 122 valence electrons. The topological polar surface area (TPSA) is 41.4 Å². The van der Waals surface area contributed by atoms with E-state index in [1.165, 1.54) is 17.7 Å². The second-order valence-electron chi connectivity index (χ2n) is 6.43. The van der Waals surface area contributed by atoms with Crippen LogP contribution in [0, 0.1) is 0 Å². The van der Waals surface area contributed by atoms with Crippen LogP contribution in [0.15, 0.2) is 30.3 Å². The first-order chi connectivity index (χ1) is 11.1. The number of benzene rings is 1. The van der Waals surface area contributed by atoms with Gasteiger partial charge >= 0.3 is 0 Å². The summed E-state index contributed by atoms with van der Waals surface area (Å²) in [6.07, 6.45) is 3.36. The fourth-order valence-electron chi connectivity index (χ4n) is 3.11. The first-order valence-electron chi connectivity index (χ1n) is 8.10. The van der Waals surface area contributed by atoms with Crippen molar-refractivity contribution in [2.75, 3.05) is 27.7 Å². The van der Waals surface area contributed by atoms with Crippen LogP contribution in [0.25, 0.3) is 5.69 Å². The molecule has 5 heteroatoms. The molecule has 1 heterocycles. The molecule has 1 aromatic heterocycles. The number of para-hydroxylation sites is 1. The van der Waals surface area contributed by atoms with Gasteiger partial charge in [0.1, 0.15) is 0 Å². The maximum Gasteiger partial charge on any atom is 0.236 e. The lowest BCUT2D eigenvalue weighted by atomic mass is 10.2. The Morgan fingerprint density at radius 3 is 2.61 bits per heavy atom. The van der Waals surface area contributed by atoms with Crippen molar-refractivity contribution in [2.45, 2.75) is 25.8 Å². The molecule has 0 atom stereocenters. The van der Waals surface area contributed by atoms with E-state index in [1.54, 1.807) is 19.0 Å². The van der Waals surface area contributed by atoms with Crippen LogP contribution < -0.4 is 0 Å². The molecule has 1 aliphatic rings. The molecule has 1 aliphatic carbocycles. The van der Waals surface area contributed by atoms with Crippen LogP contribution in [0.1, 0.15) is 23.4 Å². The fourth-order valence-corrected chi connectivity index (χ4v) is 3.11. The van der Waals surface area contributed by atoms with Gasteiger partial charge in [-0.15, -0.1) is 0 Å². The van der Waals surface area contributed by atoms with E-state index in [-0.39, 0.29) is 5.91 Å². The molecule has 0 bridgehead atoms. The number of hydrogen-bond donors (Lipinski definition) is 0. The summed E-state index contributed by atoms with van der Waals surface area (Å²) < 4.78 is 2.08. The highest BCUT2D eigenvalue weighted by Crippen LogP contribution is 2.28. The van der Waals surface area contributed by atoms with Crippen molar-refractivity contribution in [3.8, 4) is 5.69 Å². The largest absolute Gasteiger partial charge is 0.348 e. The van der Waals surface area contributed by atoms with E-state index in [0.29, 0.717) is 13.1 Å². The van der Waals surface area contributed by atoms with Crippen LogP contribution >= 0.6 is 0 Å². The van der Waals surface area contributed by atoms with Gasteiger partial charge in [-0.1, -0.05) is 18.2 Å². The van der Waals surface area contributed by atoms with Gasteiger partial charge in [0.25, 0.3) is 0 Å². The SMILES string of the molecule is CN(CC(=O)N(C)C)Cc1nn(-c2ccccc2)c2c1CCC2. The molecular formula is C18H24N4O. The molecule has 0 spiro atoms. The van der Waals surface area contributed by atoms with Crippen molar-refractivity contribution in [2.24, 2.45) is 0 Å². The predicted molar refractivity (Wildman–Crippen MR) is 90.6 cm³/mol. The number of fused-ring (bicyclic) bond motifs is 1. The van der Waals surface area contributed by atoms with Gasteiger partial charge in [-0.25, -0.2) is 4.68 Å². The van der Waals surface area contributed by atoms with Gasteiger partial charge < -0.3 is 4.90 Å². The average molecular weight is 312 g/mol. The maximum absolute atomic E-state index is 11.9. The van der Waals surface area contributed by atoms with E-state index < -0.39 is 0 Å². The zero-order chi connectivity index (χ0) is 16.4. The quantitative estimate of drug-likeness (QED) is 0.846. The molecule has 0 fully saturated rings. The molecular weight excluding hydrogens is 288 g/mol. The lowest BCUT2D eigenvalue weighted by molar-refractivity contribution is -0.129. The highest BCUT2D eigenvalue weighted by molar-refractivity contribution is 5.77. The van der Waals surface area contributed by atoms with Crippen LogP contribution in [0.4, 0.5) is 0 Å². The number of nitrogens with zero attached hydrogens (tertiary/aromatic N) is 4. The van der Waals surface area contributed by atoms with Gasteiger partial charge in [0.2, 0.25) is 5.91 Å². The summed E-state index contributed by atoms with van der Waals surface area (Å²) in [5.74, 6) is 0.117. The summed E-state index contributed by atoms with van der Waals surface area (Å²) in [6.45, 7) is 1.13. The van der Waals surface area contributed by atoms with Crippen molar-refractivity contribution in [3.05, 3.63) is 47.3 Å². The molecule has 1 aromatic carbocycles. The van der Waals surface area contributed by atoms with Gasteiger partial charge in [0.05, 0.1) is 17.9 Å². The number of amides is 1. The molecule has 0 saturated carbocycles. The fraction of sp³-hybridized carbons (Fsp3) is 0.444. The van der Waals surface area contributed by atoms with Crippen LogP contribution in [-0.4, -0.2) is 53.2 Å². The van der Waals surface area contributed by atoms with Crippen molar-refractivity contribution in [3.63, 3.8) is 0 Å². The Balaban J connectivity index is 1.83. The van der Waals surface area contributed by atoms with Crippen molar-refractivity contribution in [1.82, 2.24) is 19.6 Å². The van der Waals surface area contributed by atoms with Crippen LogP contribution in [0.5, 0.6) is 0 Å². The molecule has 0 saturated heterocycles. The van der Waals surface area contributed by atoms with Crippen molar-refractivity contribution in [1.29, 1.82) is 0 Å². The first kappa shape index (κ1) is 15.7. The Morgan fingerprint density at radius 1 is 1.17 bits per heavy atom. The Hall–Kier alpha value is -2.14. The Morgan fingerprint density at radius 2 is 1.91 bits per heavy atom. The minimum absolute atomic E-state index is 0.117. The van der Waals surface area contributed by atoms with E-state index in [1.807, 2.05) is 30.1 Å². The number of rotatable bonds is 5. The highest BCUT2D eigenvalue weighted by atomic mass is 16.2. The number of carbonyl (C=O) groups is 1. The van der Waals surface area contributed by atoms with Crippen LogP contribution in [0.2, 0.25) is 0 Å². The minimum Gasteiger partial charge on any atom is -0.348 e. The zero-order valence-corrected chi connectivity index (χ0v) is 14.1. The summed E-state index contributed by atoms with van der Waals surface area (Å²) in [6, 6.07) is 10.3. The standard InChI is InChI=1S/C18H24N4O/c1-20(2)18(23)13-21(3)12-16-15-10-7-11-17(15)22(19-16)14-8-5-4-6-9-14/h4-6,8-9H,7,10-13H2,1-3H3. The third-order valence-electron chi connectivity index (χ3n) is 4.34. The predicted octanol–water partition coefficient (Wildman–Crippen LogP) is 1.88. The molecule has 0 N–H and O–H groups in total. The smallest absolute Gasteiger partial charge is 0.236 e. The van der Waals surface area contributed by atoms with E-state index in [9.17, 15) is 4.79 Å². The molecule has 2 aromatic rings. The molecule has 3 rings (SSSR count). The van der Waals surface area contributed by atoms with Gasteiger partial charge in [-0.3, -0.25) is 9.69 Å². The third-order valence-corrected chi connectivity index (χ3v) is 4.34. The molecule has 0 radical (unpaired) electrons. The Kier molecular flexibility index (Phi) is 4.48. The molecule has 1 amide bonds. The minimum atomic E-state index is 0.117. The number of likely N-dealkylation sites (N-methyl/N-ethyl adjacent to an activating group) is 2. The second-order valence-corrected chi connectivity index (χ2v) is 6.43. The normalized spacial score (nSPS) is 13.4. The maximum atomic E-state index is 11.9. The summed E-state index contributed by atoms with van der Waals surface area (Å²) in [7, 11) is 5.56. The van der Waals surface area contributed by atoms with E-state index in [0.717, 1.165) is 24.2 Å². The summed E-state index contributed by atoms with van der Waals surface area (Å²) in [5, 5.41) is 4.84. The van der Waals surface area contributed by atoms with E-state index in [4.69, 9.17) is 5.10 Å². The second kappa shape index (κ2) is 6.54. The average Bonchev–Trinajstić information content (AvgIpc) is 3.12. The lowest BCUT2D eigenvalue weighted by Gasteiger charge is -2.18. The van der Waals surface area contributed by atoms with Crippen LogP contribution in [0.3, 0.4) is 0 Å². The van der Waals surface area contributed by atoms with Gasteiger partial charge in [-0.05, 0) is 44.0 Å². The highest BCUT2D eigenvalue weighted by Gasteiger charge is 2.24. The van der Waals surface area contributed by atoms with Gasteiger partial charge in [-0.2, -0.15) is 5.10 Å². The molecule has 0 aliphatic heterocycles. The molecule has 5 nitrogen and oxygen atoms in total. The first-order valence-corrected chi connectivity index (χ1v) is 8.10.